The number of ether oxygens (including phenoxy) is 2. The maximum atomic E-state index is 12.9. The minimum absolute atomic E-state index is 0.319. The molecule has 5 nitrogen and oxygen atoms in total. The van der Waals surface area contributed by atoms with Crippen LogP contribution in [0.2, 0.25) is 5.02 Å². The average Bonchev–Trinajstić information content (AvgIpc) is 3.07. The number of amides is 2. The topological polar surface area (TPSA) is 55.8 Å². The van der Waals surface area contributed by atoms with Crippen molar-refractivity contribution in [1.29, 1.82) is 0 Å². The van der Waals surface area contributed by atoms with Gasteiger partial charge < -0.3 is 9.47 Å². The molecule has 0 spiro atoms. The number of halogens is 1. The van der Waals surface area contributed by atoms with Crippen molar-refractivity contribution in [3.8, 4) is 11.5 Å². The third-order valence-corrected chi connectivity index (χ3v) is 6.00. The second kappa shape index (κ2) is 9.51. The summed E-state index contributed by atoms with van der Waals surface area (Å²) in [6.45, 7) is 2.32. The summed E-state index contributed by atoms with van der Waals surface area (Å²) in [5.41, 5.74) is 3.33. The van der Waals surface area contributed by atoms with Crippen molar-refractivity contribution in [3.63, 3.8) is 0 Å². The van der Waals surface area contributed by atoms with Crippen molar-refractivity contribution in [1.82, 2.24) is 0 Å². The molecule has 32 heavy (non-hydrogen) atoms. The van der Waals surface area contributed by atoms with Gasteiger partial charge in [0.2, 0.25) is 0 Å². The fourth-order valence-corrected chi connectivity index (χ4v) is 4.14. The monoisotopic (exact) mass is 465 g/mol. The highest BCUT2D eigenvalue weighted by molar-refractivity contribution is 8.19. The number of anilines is 1. The lowest BCUT2D eigenvalue weighted by Gasteiger charge is -2.12. The average molecular weight is 466 g/mol. The minimum Gasteiger partial charge on any atom is -0.493 e. The first-order valence-corrected chi connectivity index (χ1v) is 11.0. The summed E-state index contributed by atoms with van der Waals surface area (Å²) in [6, 6.07) is 20.1. The number of imide groups is 1. The van der Waals surface area contributed by atoms with E-state index in [1.54, 1.807) is 37.5 Å². The summed E-state index contributed by atoms with van der Waals surface area (Å²) >= 11 is 6.83. The van der Waals surface area contributed by atoms with Crippen LogP contribution in [0.5, 0.6) is 11.5 Å². The van der Waals surface area contributed by atoms with Gasteiger partial charge in [-0.1, -0.05) is 47.5 Å². The number of hydrogen-bond donors (Lipinski definition) is 0. The Morgan fingerprint density at radius 1 is 0.969 bits per heavy atom. The number of rotatable bonds is 6. The Kier molecular flexibility index (Phi) is 6.53. The van der Waals surface area contributed by atoms with Crippen LogP contribution in [0.15, 0.2) is 71.6 Å². The van der Waals surface area contributed by atoms with Crippen LogP contribution in [-0.2, 0) is 11.4 Å². The molecule has 4 rings (SSSR count). The molecule has 0 bridgehead atoms. The highest BCUT2D eigenvalue weighted by Gasteiger charge is 2.36. The Labute approximate surface area is 195 Å². The van der Waals surface area contributed by atoms with E-state index in [4.69, 9.17) is 21.1 Å². The minimum atomic E-state index is -0.342. The van der Waals surface area contributed by atoms with Crippen molar-refractivity contribution >= 4 is 46.3 Å². The third-order valence-electron chi connectivity index (χ3n) is 4.88. The van der Waals surface area contributed by atoms with E-state index in [2.05, 4.69) is 0 Å². The van der Waals surface area contributed by atoms with Crippen molar-refractivity contribution in [2.75, 3.05) is 12.0 Å². The number of hydrogen-bond acceptors (Lipinski definition) is 5. The maximum absolute atomic E-state index is 12.9. The summed E-state index contributed by atoms with van der Waals surface area (Å²) in [5, 5.41) is 0.350. The van der Waals surface area contributed by atoms with E-state index in [1.165, 1.54) is 4.90 Å². The van der Waals surface area contributed by atoms with Crippen molar-refractivity contribution < 1.29 is 19.1 Å². The fraction of sp³-hybridized carbons (Fsp3) is 0.120. The Balaban J connectivity index is 1.52. The maximum Gasteiger partial charge on any atom is 0.298 e. The van der Waals surface area contributed by atoms with Crippen molar-refractivity contribution in [2.24, 2.45) is 0 Å². The fourth-order valence-electron chi connectivity index (χ4n) is 3.17. The third kappa shape index (κ3) is 4.82. The molecule has 0 aliphatic carbocycles. The van der Waals surface area contributed by atoms with Crippen LogP contribution in [0.3, 0.4) is 0 Å². The second-order valence-corrected chi connectivity index (χ2v) is 8.61. The lowest BCUT2D eigenvalue weighted by Crippen LogP contribution is -2.27. The summed E-state index contributed by atoms with van der Waals surface area (Å²) in [4.78, 5) is 26.9. The molecule has 3 aromatic carbocycles. The van der Waals surface area contributed by atoms with Crippen molar-refractivity contribution in [3.05, 3.63) is 93.3 Å². The highest BCUT2D eigenvalue weighted by atomic mass is 35.5. The van der Waals surface area contributed by atoms with Gasteiger partial charge in [-0.05, 0) is 72.3 Å². The van der Waals surface area contributed by atoms with E-state index in [-0.39, 0.29) is 11.1 Å². The van der Waals surface area contributed by atoms with Gasteiger partial charge >= 0.3 is 0 Å². The van der Waals surface area contributed by atoms with Gasteiger partial charge in [0.05, 0.1) is 17.7 Å². The number of nitrogens with zero attached hydrogens (tertiary/aromatic N) is 1. The molecular weight excluding hydrogens is 446 g/mol. The van der Waals surface area contributed by atoms with Gasteiger partial charge in [0, 0.05) is 5.02 Å². The molecule has 2 amide bonds. The van der Waals surface area contributed by atoms with Crippen LogP contribution in [-0.4, -0.2) is 18.3 Å². The van der Waals surface area contributed by atoms with Gasteiger partial charge in [0.15, 0.2) is 11.5 Å². The molecule has 7 heteroatoms. The Morgan fingerprint density at radius 2 is 1.69 bits per heavy atom. The standard InChI is InChI=1S/C25H20ClNO4S/c1-16-3-10-20(11-4-16)27-24(28)23(32-25(27)29)14-18-7-12-21(22(13-18)30-2)31-15-17-5-8-19(26)9-6-17/h3-14H,15H2,1-2H3/b23-14-. The predicted octanol–water partition coefficient (Wildman–Crippen LogP) is 6.48. The van der Waals surface area contributed by atoms with Crippen LogP contribution < -0.4 is 14.4 Å². The second-order valence-electron chi connectivity index (χ2n) is 7.18. The smallest absolute Gasteiger partial charge is 0.298 e. The van der Waals surface area contributed by atoms with Gasteiger partial charge in [0.25, 0.3) is 11.1 Å². The van der Waals surface area contributed by atoms with Crippen LogP contribution in [0.1, 0.15) is 16.7 Å². The number of carbonyl (C=O) groups excluding carboxylic acids is 2. The number of benzene rings is 3. The zero-order valence-electron chi connectivity index (χ0n) is 17.5. The van der Waals surface area contributed by atoms with E-state index < -0.39 is 0 Å². The Morgan fingerprint density at radius 3 is 2.38 bits per heavy atom. The zero-order chi connectivity index (χ0) is 22.7. The molecule has 1 aliphatic heterocycles. The predicted molar refractivity (Wildman–Crippen MR) is 128 cm³/mol. The molecule has 3 aromatic rings. The van der Waals surface area contributed by atoms with Gasteiger partial charge in [-0.2, -0.15) is 0 Å². The molecule has 0 atom stereocenters. The van der Waals surface area contributed by atoms with Crippen LogP contribution in [0.4, 0.5) is 10.5 Å². The number of carbonyl (C=O) groups is 2. The molecule has 1 saturated heterocycles. The van der Waals surface area contributed by atoms with Crippen LogP contribution in [0.25, 0.3) is 6.08 Å². The summed E-state index contributed by atoms with van der Waals surface area (Å²) < 4.78 is 11.3. The molecule has 0 saturated carbocycles. The normalized spacial score (nSPS) is 14.8. The Bertz CT molecular complexity index is 1190. The zero-order valence-corrected chi connectivity index (χ0v) is 19.1. The first-order chi connectivity index (χ1) is 15.4. The number of methoxy groups -OCH3 is 1. The number of aryl methyl sites for hydroxylation is 1. The summed E-state index contributed by atoms with van der Waals surface area (Å²) in [7, 11) is 1.56. The van der Waals surface area contributed by atoms with E-state index in [0.29, 0.717) is 33.7 Å². The van der Waals surface area contributed by atoms with E-state index in [0.717, 1.165) is 28.5 Å². The first-order valence-electron chi connectivity index (χ1n) is 9.84. The molecule has 0 N–H and O–H groups in total. The number of thioether (sulfide) groups is 1. The Hall–Kier alpha value is -3.22. The largest absolute Gasteiger partial charge is 0.493 e. The molecule has 162 valence electrons. The lowest BCUT2D eigenvalue weighted by atomic mass is 10.1. The SMILES string of the molecule is COc1cc(/C=C2\SC(=O)N(c3ccc(C)cc3)C2=O)ccc1OCc1ccc(Cl)cc1. The van der Waals surface area contributed by atoms with Gasteiger partial charge in [0.1, 0.15) is 6.61 Å². The molecule has 0 unspecified atom stereocenters. The molecular formula is C25H20ClNO4S. The first kappa shape index (κ1) is 22.0. The molecule has 1 heterocycles. The van der Waals surface area contributed by atoms with E-state index in [1.807, 2.05) is 49.4 Å². The summed E-state index contributed by atoms with van der Waals surface area (Å²) in [5.74, 6) is 0.767. The molecule has 1 aliphatic rings. The summed E-state index contributed by atoms with van der Waals surface area (Å²) in [6.07, 6.45) is 1.69. The van der Waals surface area contributed by atoms with E-state index in [9.17, 15) is 9.59 Å². The van der Waals surface area contributed by atoms with Gasteiger partial charge in [-0.3, -0.25) is 9.59 Å². The van der Waals surface area contributed by atoms with Gasteiger partial charge in [-0.25, -0.2) is 4.90 Å². The van der Waals surface area contributed by atoms with E-state index >= 15 is 0 Å². The molecule has 0 aromatic heterocycles. The quantitative estimate of drug-likeness (QED) is 0.390. The molecule has 0 radical (unpaired) electrons. The van der Waals surface area contributed by atoms with Crippen molar-refractivity contribution in [2.45, 2.75) is 13.5 Å². The lowest BCUT2D eigenvalue weighted by molar-refractivity contribution is -0.113. The van der Waals surface area contributed by atoms with Crippen LogP contribution in [0, 0.1) is 6.92 Å². The van der Waals surface area contributed by atoms with Crippen LogP contribution >= 0.6 is 23.4 Å². The highest BCUT2D eigenvalue weighted by Crippen LogP contribution is 2.37. The van der Waals surface area contributed by atoms with Gasteiger partial charge in [-0.15, -0.1) is 0 Å². The molecule has 1 fully saturated rings.